The number of nitrogens with zero attached hydrogens (tertiary/aromatic N) is 2. The lowest BCUT2D eigenvalue weighted by Crippen LogP contribution is -2.14. The van der Waals surface area contributed by atoms with Crippen LogP contribution in [-0.4, -0.2) is 21.6 Å². The molecular weight excluding hydrogens is 388 g/mol. The number of aromatic nitrogens is 2. The normalized spacial score (nSPS) is 16.2. The maximum Gasteiger partial charge on any atom is 0.234 e. The van der Waals surface area contributed by atoms with Crippen LogP contribution >= 0.6 is 23.1 Å². The van der Waals surface area contributed by atoms with Crippen LogP contribution < -0.4 is 11.1 Å². The Morgan fingerprint density at radius 1 is 1.29 bits per heavy atom. The fraction of sp³-hybridized carbons (Fsp3) is 0.381. The maximum absolute atomic E-state index is 12.3. The summed E-state index contributed by atoms with van der Waals surface area (Å²) in [5, 5.41) is 4.53. The molecule has 1 aromatic carbocycles. The number of fused-ring (bicyclic) bond motifs is 3. The number of amides is 1. The Morgan fingerprint density at radius 3 is 2.79 bits per heavy atom. The van der Waals surface area contributed by atoms with Crippen LogP contribution in [0.3, 0.4) is 0 Å². The van der Waals surface area contributed by atoms with Gasteiger partial charge in [0.1, 0.15) is 10.6 Å². The number of thiophene rings is 1. The van der Waals surface area contributed by atoms with Gasteiger partial charge in [0, 0.05) is 10.6 Å². The molecule has 1 atom stereocenters. The first-order valence-electron chi connectivity index (χ1n) is 9.47. The smallest absolute Gasteiger partial charge is 0.234 e. The zero-order chi connectivity index (χ0) is 19.8. The lowest BCUT2D eigenvalue weighted by molar-refractivity contribution is -0.113. The number of carbonyl (C=O) groups excluding carboxylic acids is 1. The minimum atomic E-state index is -0.0726. The van der Waals surface area contributed by atoms with Crippen LogP contribution in [0.4, 0.5) is 11.5 Å². The molecule has 3 aromatic rings. The molecule has 1 aliphatic carbocycles. The molecule has 5 nitrogen and oxygen atoms in total. The number of thioether (sulfide) groups is 1. The molecule has 3 N–H and O–H groups in total. The molecule has 0 aliphatic heterocycles. The zero-order valence-electron chi connectivity index (χ0n) is 16.3. The van der Waals surface area contributed by atoms with E-state index in [4.69, 9.17) is 5.73 Å². The quantitative estimate of drug-likeness (QED) is 0.478. The number of anilines is 2. The van der Waals surface area contributed by atoms with Gasteiger partial charge in [0.2, 0.25) is 5.91 Å². The van der Waals surface area contributed by atoms with Crippen LogP contribution in [0.1, 0.15) is 34.9 Å². The minimum Gasteiger partial charge on any atom is -0.383 e. The molecule has 0 bridgehead atoms. The Hall–Kier alpha value is -2.12. The van der Waals surface area contributed by atoms with Crippen molar-refractivity contribution < 1.29 is 4.79 Å². The molecule has 0 fully saturated rings. The predicted octanol–water partition coefficient (Wildman–Crippen LogP) is 4.75. The summed E-state index contributed by atoms with van der Waals surface area (Å²) in [5.41, 5.74) is 10.7. The van der Waals surface area contributed by atoms with Crippen LogP contribution in [0.15, 0.2) is 23.4 Å². The highest BCUT2D eigenvalue weighted by Gasteiger charge is 2.23. The molecule has 2 aromatic heterocycles. The Morgan fingerprint density at radius 2 is 2.04 bits per heavy atom. The van der Waals surface area contributed by atoms with Crippen molar-refractivity contribution in [2.24, 2.45) is 5.92 Å². The number of aryl methyl sites for hydroxylation is 3. The highest BCUT2D eigenvalue weighted by molar-refractivity contribution is 7.99. The van der Waals surface area contributed by atoms with Gasteiger partial charge < -0.3 is 11.1 Å². The van der Waals surface area contributed by atoms with E-state index in [-0.39, 0.29) is 11.7 Å². The van der Waals surface area contributed by atoms with E-state index < -0.39 is 0 Å². The van der Waals surface area contributed by atoms with Gasteiger partial charge in [0.25, 0.3) is 0 Å². The van der Waals surface area contributed by atoms with Gasteiger partial charge in [-0.2, -0.15) is 0 Å². The highest BCUT2D eigenvalue weighted by atomic mass is 32.2. The summed E-state index contributed by atoms with van der Waals surface area (Å²) in [7, 11) is 0. The van der Waals surface area contributed by atoms with Crippen LogP contribution in [0.25, 0.3) is 10.2 Å². The molecule has 0 saturated carbocycles. The van der Waals surface area contributed by atoms with E-state index in [1.165, 1.54) is 28.6 Å². The van der Waals surface area contributed by atoms with Gasteiger partial charge in [-0.3, -0.25) is 4.79 Å². The summed E-state index contributed by atoms with van der Waals surface area (Å²) >= 11 is 3.05. The summed E-state index contributed by atoms with van der Waals surface area (Å²) in [6.45, 7) is 6.33. The lowest BCUT2D eigenvalue weighted by Gasteiger charge is -2.17. The van der Waals surface area contributed by atoms with Crippen molar-refractivity contribution in [3.8, 4) is 0 Å². The molecule has 7 heteroatoms. The van der Waals surface area contributed by atoms with Crippen LogP contribution in [0.2, 0.25) is 0 Å². The second kappa shape index (κ2) is 7.72. The second-order valence-corrected chi connectivity index (χ2v) is 9.66. The SMILES string of the molecule is Cc1cc(C)cc(NC(=O)CSc2nc(N)c3c4c(sc3n2)CC(C)CC4)c1. The second-order valence-electron chi connectivity index (χ2n) is 7.64. The van der Waals surface area contributed by atoms with Gasteiger partial charge in [-0.15, -0.1) is 11.3 Å². The lowest BCUT2D eigenvalue weighted by atomic mass is 9.89. The van der Waals surface area contributed by atoms with Gasteiger partial charge in [-0.25, -0.2) is 9.97 Å². The number of benzene rings is 1. The molecule has 1 aliphatic rings. The molecule has 2 heterocycles. The third kappa shape index (κ3) is 4.00. The first-order valence-corrected chi connectivity index (χ1v) is 11.3. The van der Waals surface area contributed by atoms with Crippen molar-refractivity contribution >= 4 is 50.7 Å². The van der Waals surface area contributed by atoms with E-state index in [2.05, 4.69) is 28.3 Å². The maximum atomic E-state index is 12.3. The first-order chi connectivity index (χ1) is 13.4. The Labute approximate surface area is 173 Å². The fourth-order valence-electron chi connectivity index (χ4n) is 3.79. The monoisotopic (exact) mass is 412 g/mol. The molecule has 1 amide bonds. The average molecular weight is 413 g/mol. The zero-order valence-corrected chi connectivity index (χ0v) is 18.0. The third-order valence-electron chi connectivity index (χ3n) is 5.00. The number of nitrogens with one attached hydrogen (secondary N) is 1. The van der Waals surface area contributed by atoms with Crippen molar-refractivity contribution in [3.63, 3.8) is 0 Å². The van der Waals surface area contributed by atoms with Gasteiger partial charge in [-0.1, -0.05) is 24.8 Å². The predicted molar refractivity (Wildman–Crippen MR) is 118 cm³/mol. The van der Waals surface area contributed by atoms with Crippen LogP contribution in [0, 0.1) is 19.8 Å². The highest BCUT2D eigenvalue weighted by Crippen LogP contribution is 2.39. The van der Waals surface area contributed by atoms with Crippen molar-refractivity contribution in [2.45, 2.75) is 45.2 Å². The number of carbonyl (C=O) groups is 1. The van der Waals surface area contributed by atoms with Crippen molar-refractivity contribution in [3.05, 3.63) is 39.8 Å². The van der Waals surface area contributed by atoms with E-state index in [1.807, 2.05) is 26.0 Å². The summed E-state index contributed by atoms with van der Waals surface area (Å²) in [4.78, 5) is 23.8. The topological polar surface area (TPSA) is 80.9 Å². The number of hydrogen-bond donors (Lipinski definition) is 2. The van der Waals surface area contributed by atoms with E-state index in [1.54, 1.807) is 11.3 Å². The molecular formula is C21H24N4OS2. The molecule has 0 radical (unpaired) electrons. The largest absolute Gasteiger partial charge is 0.383 e. The summed E-state index contributed by atoms with van der Waals surface area (Å²) in [5.74, 6) is 1.42. The Bertz CT molecular complexity index is 1040. The third-order valence-corrected chi connectivity index (χ3v) is 7.00. The standard InChI is InChI=1S/C21H24N4OS2/c1-11-4-5-15-16(9-11)28-20-18(15)19(22)24-21(25-20)27-10-17(26)23-14-7-12(2)6-13(3)8-14/h6-8,11H,4-5,9-10H2,1-3H3,(H,23,26)(H2,22,24,25). The van der Waals surface area contributed by atoms with Gasteiger partial charge in [0.05, 0.1) is 11.1 Å². The minimum absolute atomic E-state index is 0.0726. The number of hydrogen-bond acceptors (Lipinski definition) is 6. The molecule has 4 rings (SSSR count). The summed E-state index contributed by atoms with van der Waals surface area (Å²) < 4.78 is 0. The van der Waals surface area contributed by atoms with Crippen molar-refractivity contribution in [1.29, 1.82) is 0 Å². The number of nitrogen functional groups attached to an aromatic ring is 1. The number of rotatable bonds is 4. The van der Waals surface area contributed by atoms with E-state index in [0.717, 1.165) is 39.9 Å². The molecule has 28 heavy (non-hydrogen) atoms. The van der Waals surface area contributed by atoms with Gasteiger partial charge >= 0.3 is 0 Å². The Kier molecular flexibility index (Phi) is 5.29. The average Bonchev–Trinajstić information content (AvgIpc) is 2.96. The van der Waals surface area contributed by atoms with Crippen molar-refractivity contribution in [2.75, 3.05) is 16.8 Å². The van der Waals surface area contributed by atoms with Crippen LogP contribution in [0.5, 0.6) is 0 Å². The fourth-order valence-corrected chi connectivity index (χ4v) is 5.89. The van der Waals surface area contributed by atoms with Crippen molar-refractivity contribution in [1.82, 2.24) is 9.97 Å². The first kappa shape index (κ1) is 19.2. The van der Waals surface area contributed by atoms with Crippen LogP contribution in [-0.2, 0) is 17.6 Å². The van der Waals surface area contributed by atoms with E-state index in [0.29, 0.717) is 16.9 Å². The molecule has 146 valence electrons. The van der Waals surface area contributed by atoms with Gasteiger partial charge in [0.15, 0.2) is 5.16 Å². The number of nitrogens with two attached hydrogens (primary N) is 1. The van der Waals surface area contributed by atoms with E-state index in [9.17, 15) is 4.79 Å². The van der Waals surface area contributed by atoms with E-state index >= 15 is 0 Å². The van der Waals surface area contributed by atoms with Gasteiger partial charge in [-0.05, 0) is 67.9 Å². The Balaban J connectivity index is 1.48. The molecule has 1 unspecified atom stereocenters. The molecule has 0 spiro atoms. The molecule has 0 saturated heterocycles. The summed E-state index contributed by atoms with van der Waals surface area (Å²) in [6.07, 6.45) is 3.33. The summed E-state index contributed by atoms with van der Waals surface area (Å²) in [6, 6.07) is 6.01.